The van der Waals surface area contributed by atoms with Gasteiger partial charge in [0.1, 0.15) is 5.69 Å². The van der Waals surface area contributed by atoms with Crippen LogP contribution >= 0.6 is 0 Å². The zero-order valence-corrected chi connectivity index (χ0v) is 11.1. The predicted molar refractivity (Wildman–Crippen MR) is 74.1 cm³/mol. The fourth-order valence-corrected chi connectivity index (χ4v) is 1.82. The molecular formula is C12H14N6O2. The lowest BCUT2D eigenvalue weighted by Gasteiger charge is -2.14. The largest absolute Gasteiger partial charge is 0.368 e. The van der Waals surface area contributed by atoms with Crippen LogP contribution in [0.2, 0.25) is 0 Å². The zero-order chi connectivity index (χ0) is 14.7. The molecule has 2 aromatic rings. The lowest BCUT2D eigenvalue weighted by Crippen LogP contribution is -2.13. The molecule has 1 unspecified atom stereocenters. The molecule has 0 fully saturated rings. The summed E-state index contributed by atoms with van der Waals surface area (Å²) in [7, 11) is 0. The molecule has 0 aliphatic heterocycles. The summed E-state index contributed by atoms with van der Waals surface area (Å²) in [6.45, 7) is 3.35. The molecule has 0 bridgehead atoms. The van der Waals surface area contributed by atoms with Crippen LogP contribution in [-0.4, -0.2) is 19.9 Å². The molecule has 20 heavy (non-hydrogen) atoms. The molecule has 0 saturated heterocycles. The molecule has 0 aliphatic rings. The first-order valence-electron chi connectivity index (χ1n) is 5.95. The molecule has 3 N–H and O–H groups in total. The Bertz CT molecular complexity index is 631. The van der Waals surface area contributed by atoms with E-state index < -0.39 is 4.92 Å². The Morgan fingerprint density at radius 1 is 1.40 bits per heavy atom. The Hall–Kier alpha value is -2.77. The highest BCUT2D eigenvalue weighted by Crippen LogP contribution is 2.28. The molecule has 0 saturated carbocycles. The van der Waals surface area contributed by atoms with E-state index in [-0.39, 0.29) is 29.2 Å². The number of nitrogens with two attached hydrogens (primary N) is 1. The van der Waals surface area contributed by atoms with E-state index in [2.05, 4.69) is 20.3 Å². The smallest absolute Gasteiger partial charge is 0.332 e. The van der Waals surface area contributed by atoms with Gasteiger partial charge in [0.15, 0.2) is 0 Å². The molecule has 0 amide bonds. The topological polar surface area (TPSA) is 120 Å². The molecule has 2 heterocycles. The van der Waals surface area contributed by atoms with Gasteiger partial charge in [-0.25, -0.2) is 4.98 Å². The first-order chi connectivity index (χ1) is 9.49. The first kappa shape index (κ1) is 13.7. The monoisotopic (exact) mass is 274 g/mol. The molecule has 2 rings (SSSR count). The van der Waals surface area contributed by atoms with Crippen molar-refractivity contribution in [1.29, 1.82) is 0 Å². The average molecular weight is 274 g/mol. The van der Waals surface area contributed by atoms with Crippen molar-refractivity contribution in [2.45, 2.75) is 19.9 Å². The highest BCUT2D eigenvalue weighted by atomic mass is 16.6. The van der Waals surface area contributed by atoms with Crippen molar-refractivity contribution in [1.82, 2.24) is 15.0 Å². The summed E-state index contributed by atoms with van der Waals surface area (Å²) >= 11 is 0. The number of nitrogens with one attached hydrogen (secondary N) is 1. The van der Waals surface area contributed by atoms with E-state index in [1.807, 2.05) is 19.1 Å². The number of aryl methyl sites for hydroxylation is 1. The molecule has 104 valence electrons. The van der Waals surface area contributed by atoms with Gasteiger partial charge < -0.3 is 11.1 Å². The summed E-state index contributed by atoms with van der Waals surface area (Å²) in [5, 5.41) is 14.1. The minimum atomic E-state index is -0.526. The molecule has 1 atom stereocenters. The Kier molecular flexibility index (Phi) is 3.74. The summed E-state index contributed by atoms with van der Waals surface area (Å²) in [6, 6.07) is 5.21. The summed E-state index contributed by atoms with van der Waals surface area (Å²) in [4.78, 5) is 22.5. The second kappa shape index (κ2) is 5.47. The number of nitrogen functional groups attached to an aromatic ring is 1. The number of nitro groups is 1. The van der Waals surface area contributed by atoms with Gasteiger partial charge in [-0.1, -0.05) is 6.07 Å². The van der Waals surface area contributed by atoms with Crippen molar-refractivity contribution < 1.29 is 4.92 Å². The minimum Gasteiger partial charge on any atom is -0.368 e. The minimum absolute atomic E-state index is 0.0104. The van der Waals surface area contributed by atoms with Crippen molar-refractivity contribution in [3.63, 3.8) is 0 Å². The maximum absolute atomic E-state index is 11.1. The number of hydrogen-bond acceptors (Lipinski definition) is 7. The van der Waals surface area contributed by atoms with Gasteiger partial charge in [0.05, 0.1) is 16.7 Å². The molecular weight excluding hydrogens is 260 g/mol. The van der Waals surface area contributed by atoms with E-state index in [4.69, 9.17) is 5.73 Å². The van der Waals surface area contributed by atoms with E-state index >= 15 is 0 Å². The van der Waals surface area contributed by atoms with Crippen molar-refractivity contribution >= 4 is 17.5 Å². The van der Waals surface area contributed by atoms with Crippen LogP contribution in [0.4, 0.5) is 17.5 Å². The fraction of sp³-hybridized carbons (Fsp3) is 0.250. The molecule has 0 spiro atoms. The standard InChI is InChI=1S/C12H14N6O2/c1-7(9-5-3-4-6-14-9)15-11-10(18(19)20)8(2)16-12(13)17-11/h3-7H,1-2H3,(H3,13,15,16,17). The first-order valence-corrected chi connectivity index (χ1v) is 5.95. The van der Waals surface area contributed by atoms with E-state index in [1.54, 1.807) is 12.3 Å². The highest BCUT2D eigenvalue weighted by Gasteiger charge is 2.23. The number of hydrogen-bond donors (Lipinski definition) is 2. The number of pyridine rings is 1. The lowest BCUT2D eigenvalue weighted by atomic mass is 10.2. The van der Waals surface area contributed by atoms with E-state index in [0.717, 1.165) is 5.69 Å². The van der Waals surface area contributed by atoms with Gasteiger partial charge in [0.25, 0.3) is 0 Å². The third-order valence-corrected chi connectivity index (χ3v) is 2.74. The maximum atomic E-state index is 11.1. The second-order valence-corrected chi connectivity index (χ2v) is 4.24. The van der Waals surface area contributed by atoms with Gasteiger partial charge in [-0.15, -0.1) is 0 Å². The highest BCUT2D eigenvalue weighted by molar-refractivity contribution is 5.60. The third kappa shape index (κ3) is 2.79. The number of nitrogens with zero attached hydrogens (tertiary/aromatic N) is 4. The van der Waals surface area contributed by atoms with Crippen molar-refractivity contribution in [3.05, 3.63) is 45.9 Å². The quantitative estimate of drug-likeness (QED) is 0.644. The summed E-state index contributed by atoms with van der Waals surface area (Å²) in [5.41, 5.74) is 6.33. The van der Waals surface area contributed by atoms with Gasteiger partial charge in [-0.2, -0.15) is 4.98 Å². The van der Waals surface area contributed by atoms with Crippen molar-refractivity contribution in [2.24, 2.45) is 0 Å². The van der Waals surface area contributed by atoms with Crippen LogP contribution < -0.4 is 11.1 Å². The van der Waals surface area contributed by atoms with Gasteiger partial charge in [-0.05, 0) is 26.0 Å². The number of aromatic nitrogens is 3. The van der Waals surface area contributed by atoms with Gasteiger partial charge in [0.2, 0.25) is 11.8 Å². The van der Waals surface area contributed by atoms with E-state index in [9.17, 15) is 10.1 Å². The summed E-state index contributed by atoms with van der Waals surface area (Å²) in [5.74, 6) is 0.0852. The van der Waals surface area contributed by atoms with Crippen LogP contribution in [-0.2, 0) is 0 Å². The van der Waals surface area contributed by atoms with E-state index in [0.29, 0.717) is 0 Å². The predicted octanol–water partition coefficient (Wildman–Crippen LogP) is 1.84. The Labute approximate surface area is 115 Å². The lowest BCUT2D eigenvalue weighted by molar-refractivity contribution is -0.385. The van der Waals surface area contributed by atoms with Crippen LogP contribution in [0.1, 0.15) is 24.4 Å². The van der Waals surface area contributed by atoms with Crippen molar-refractivity contribution in [2.75, 3.05) is 11.1 Å². The summed E-state index contributed by atoms with van der Waals surface area (Å²) < 4.78 is 0. The molecule has 8 heteroatoms. The average Bonchev–Trinajstić information content (AvgIpc) is 2.38. The Morgan fingerprint density at radius 2 is 2.15 bits per heavy atom. The Balaban J connectivity index is 2.36. The Morgan fingerprint density at radius 3 is 2.75 bits per heavy atom. The van der Waals surface area contributed by atoms with Crippen LogP contribution in [0.15, 0.2) is 24.4 Å². The maximum Gasteiger partial charge on any atom is 0.332 e. The molecule has 0 aliphatic carbocycles. The summed E-state index contributed by atoms with van der Waals surface area (Å²) in [6.07, 6.45) is 1.65. The van der Waals surface area contributed by atoms with Gasteiger partial charge >= 0.3 is 5.69 Å². The van der Waals surface area contributed by atoms with Gasteiger partial charge in [-0.3, -0.25) is 15.1 Å². The second-order valence-electron chi connectivity index (χ2n) is 4.24. The number of anilines is 2. The van der Waals surface area contributed by atoms with Crippen molar-refractivity contribution in [3.8, 4) is 0 Å². The van der Waals surface area contributed by atoms with Crippen LogP contribution in [0.3, 0.4) is 0 Å². The SMILES string of the molecule is Cc1nc(N)nc(NC(C)c2ccccn2)c1[N+](=O)[O-]. The molecule has 0 radical (unpaired) electrons. The molecule has 8 nitrogen and oxygen atoms in total. The zero-order valence-electron chi connectivity index (χ0n) is 11.1. The van der Waals surface area contributed by atoms with Crippen LogP contribution in [0.5, 0.6) is 0 Å². The third-order valence-electron chi connectivity index (χ3n) is 2.74. The normalized spacial score (nSPS) is 11.9. The van der Waals surface area contributed by atoms with E-state index in [1.165, 1.54) is 6.92 Å². The number of rotatable bonds is 4. The molecule has 0 aromatic carbocycles. The molecule has 2 aromatic heterocycles. The van der Waals surface area contributed by atoms with Gasteiger partial charge in [0, 0.05) is 6.20 Å². The fourth-order valence-electron chi connectivity index (χ4n) is 1.82. The van der Waals surface area contributed by atoms with Crippen LogP contribution in [0.25, 0.3) is 0 Å². The van der Waals surface area contributed by atoms with Crippen LogP contribution in [0, 0.1) is 17.0 Å².